The quantitative estimate of drug-likeness (QED) is 0.565. The zero-order chi connectivity index (χ0) is 12.1. The van der Waals surface area contributed by atoms with Crippen molar-refractivity contribution in [1.82, 2.24) is 0 Å². The van der Waals surface area contributed by atoms with Crippen LogP contribution < -0.4 is 10.6 Å². The summed E-state index contributed by atoms with van der Waals surface area (Å²) >= 11 is -1.52. The Morgan fingerprint density at radius 1 is 0.765 bits per heavy atom. The molecule has 0 amide bonds. The van der Waals surface area contributed by atoms with Crippen molar-refractivity contribution in [3.8, 4) is 0 Å². The monoisotopic (exact) mass is 374 g/mol. The fraction of sp³-hybridized carbons (Fsp3) is 0. The third-order valence-electron chi connectivity index (χ3n) is 2.21. The van der Waals surface area contributed by atoms with Gasteiger partial charge in [0.05, 0.1) is 0 Å². The Labute approximate surface area is 116 Å². The number of halogens is 2. The second-order valence-corrected chi connectivity index (χ2v) is 11.1. The summed E-state index contributed by atoms with van der Waals surface area (Å²) in [6, 6.07) is 20.8. The predicted molar refractivity (Wildman–Crippen MR) is 76.8 cm³/mol. The van der Waals surface area contributed by atoms with Crippen molar-refractivity contribution in [2.75, 3.05) is 0 Å². The van der Waals surface area contributed by atoms with Crippen molar-refractivity contribution in [3.63, 3.8) is 0 Å². The molecule has 2 aromatic rings. The van der Waals surface area contributed by atoms with E-state index in [-0.39, 0.29) is 0 Å². The van der Waals surface area contributed by atoms with E-state index in [0.29, 0.717) is 0 Å². The summed E-state index contributed by atoms with van der Waals surface area (Å²) in [6.45, 7) is 0. The first kappa shape index (κ1) is 13.4. The average Bonchev–Trinajstić information content (AvgIpc) is 2.38. The second-order valence-electron chi connectivity index (χ2n) is 3.31. The van der Waals surface area contributed by atoms with Crippen LogP contribution in [0.15, 0.2) is 60.7 Å². The molecule has 2 rings (SSSR count). The summed E-state index contributed by atoms with van der Waals surface area (Å²) in [6.07, 6.45) is 0. The van der Waals surface area contributed by atoms with Crippen LogP contribution in [0.1, 0.15) is 0 Å². The number of hydrogen-bond donors (Lipinski definition) is 0. The molecule has 0 aliphatic heterocycles. The predicted octanol–water partition coefficient (Wildman–Crippen LogP) is 3.80. The fourth-order valence-corrected chi connectivity index (χ4v) is 7.57. The molecule has 0 aliphatic rings. The molecule has 0 saturated carbocycles. The van der Waals surface area contributed by atoms with Gasteiger partial charge in [-0.15, -0.1) is 0 Å². The number of rotatable bonds is 3. The van der Waals surface area contributed by atoms with Crippen molar-refractivity contribution >= 4 is 41.8 Å². The maximum absolute atomic E-state index is 6.02. The van der Waals surface area contributed by atoms with Gasteiger partial charge in [-0.25, -0.2) is 0 Å². The summed E-state index contributed by atoms with van der Waals surface area (Å²) in [5.74, 6) is 0. The van der Waals surface area contributed by atoms with E-state index in [2.05, 4.69) is 52.8 Å². The molecular formula is C13H11Cl2PPd. The van der Waals surface area contributed by atoms with Crippen molar-refractivity contribution in [2.24, 2.45) is 0 Å². The number of benzene rings is 2. The van der Waals surface area contributed by atoms with Crippen LogP contribution in [0.25, 0.3) is 0 Å². The molecule has 0 aromatic heterocycles. The molecule has 0 unspecified atom stereocenters. The van der Waals surface area contributed by atoms with Gasteiger partial charge in [0.2, 0.25) is 0 Å². The van der Waals surface area contributed by atoms with Crippen LogP contribution in [0, 0.1) is 0 Å². The summed E-state index contributed by atoms with van der Waals surface area (Å²) in [5.41, 5.74) is 0. The molecule has 17 heavy (non-hydrogen) atoms. The van der Waals surface area contributed by atoms with Gasteiger partial charge in [-0.3, -0.25) is 0 Å². The molecule has 0 heterocycles. The summed E-state index contributed by atoms with van der Waals surface area (Å²) in [7, 11) is 11.5. The van der Waals surface area contributed by atoms with Crippen LogP contribution in [0.2, 0.25) is 0 Å². The molecule has 2 aromatic carbocycles. The van der Waals surface area contributed by atoms with Gasteiger partial charge in [-0.1, -0.05) is 0 Å². The van der Waals surface area contributed by atoms with Gasteiger partial charge in [-0.2, -0.15) is 0 Å². The fourth-order valence-electron chi connectivity index (χ4n) is 1.48. The molecule has 0 bridgehead atoms. The van der Waals surface area contributed by atoms with Crippen molar-refractivity contribution in [2.45, 2.75) is 0 Å². The third-order valence-corrected chi connectivity index (χ3v) is 8.51. The molecule has 0 saturated heterocycles. The van der Waals surface area contributed by atoms with E-state index >= 15 is 0 Å². The first-order chi connectivity index (χ1) is 8.27. The van der Waals surface area contributed by atoms with E-state index < -0.39 is 22.2 Å². The topological polar surface area (TPSA) is 0 Å². The SMILES string of the molecule is [Cl][Pd]([Cl])=[CH]P(c1ccccc1)c1ccccc1. The van der Waals surface area contributed by atoms with Gasteiger partial charge >= 0.3 is 117 Å². The molecule has 92 valence electrons. The van der Waals surface area contributed by atoms with Crippen molar-refractivity contribution in [1.29, 1.82) is 0 Å². The molecule has 0 spiro atoms. The van der Waals surface area contributed by atoms with Gasteiger partial charge in [0.15, 0.2) is 0 Å². The molecule has 0 radical (unpaired) electrons. The Morgan fingerprint density at radius 3 is 1.53 bits per heavy atom. The van der Waals surface area contributed by atoms with Crippen LogP contribution in [0.4, 0.5) is 0 Å². The summed E-state index contributed by atoms with van der Waals surface area (Å²) in [4.78, 5) is 0. The Kier molecular flexibility index (Phi) is 5.36. The summed E-state index contributed by atoms with van der Waals surface area (Å²) in [5, 5.41) is 2.59. The van der Waals surface area contributed by atoms with Gasteiger partial charge < -0.3 is 0 Å². The van der Waals surface area contributed by atoms with Gasteiger partial charge in [0.1, 0.15) is 0 Å². The van der Waals surface area contributed by atoms with Gasteiger partial charge in [0, 0.05) is 0 Å². The van der Waals surface area contributed by atoms with Crippen molar-refractivity contribution < 1.29 is 14.3 Å². The Balaban J connectivity index is 2.43. The molecular weight excluding hydrogens is 364 g/mol. The van der Waals surface area contributed by atoms with Crippen LogP contribution in [-0.2, 0) is 14.3 Å². The van der Waals surface area contributed by atoms with Crippen LogP contribution in [0.3, 0.4) is 0 Å². The van der Waals surface area contributed by atoms with Crippen LogP contribution in [-0.4, -0.2) is 4.23 Å². The normalized spacial score (nSPS) is 11.4. The van der Waals surface area contributed by atoms with E-state index in [0.717, 1.165) is 0 Å². The second kappa shape index (κ2) is 6.79. The van der Waals surface area contributed by atoms with E-state index in [4.69, 9.17) is 19.1 Å². The molecule has 4 heteroatoms. The average molecular weight is 376 g/mol. The third kappa shape index (κ3) is 3.99. The van der Waals surface area contributed by atoms with Gasteiger partial charge in [0.25, 0.3) is 0 Å². The molecule has 0 N–H and O–H groups in total. The van der Waals surface area contributed by atoms with E-state index in [1.165, 1.54) is 10.6 Å². The van der Waals surface area contributed by atoms with Crippen LogP contribution >= 0.6 is 27.0 Å². The van der Waals surface area contributed by atoms with Crippen molar-refractivity contribution in [3.05, 3.63) is 60.7 Å². The zero-order valence-electron chi connectivity index (χ0n) is 8.87. The van der Waals surface area contributed by atoms with E-state index in [1.54, 1.807) is 0 Å². The first-order valence-electron chi connectivity index (χ1n) is 4.95. The minimum atomic E-state index is -1.52. The zero-order valence-corrected chi connectivity index (χ0v) is 12.8. The van der Waals surface area contributed by atoms with E-state index in [1.807, 2.05) is 12.1 Å². The minimum absolute atomic E-state index is 0.527. The standard InChI is InChI=1S/C13H11P.2ClH.Pd/c1-14(12-8-4-2-5-9-12)13-10-6-3-7-11-13;;;/h1-11H;2*1H;/q;;;+2/p-2. The summed E-state index contributed by atoms with van der Waals surface area (Å²) < 4.78 is 2.12. The molecule has 0 fully saturated rings. The Bertz CT molecular complexity index is 456. The molecule has 0 atom stereocenters. The molecule has 0 nitrogen and oxygen atoms in total. The van der Waals surface area contributed by atoms with Crippen LogP contribution in [0.5, 0.6) is 0 Å². The first-order valence-corrected chi connectivity index (χ1v) is 11.3. The Hall–Kier alpha value is -0.0177. The Morgan fingerprint density at radius 2 is 1.18 bits per heavy atom. The van der Waals surface area contributed by atoms with Gasteiger partial charge in [-0.05, 0) is 0 Å². The number of hydrogen-bond acceptors (Lipinski definition) is 0. The molecule has 0 aliphatic carbocycles. The van der Waals surface area contributed by atoms with E-state index in [9.17, 15) is 0 Å². The maximum atomic E-state index is 6.02.